The van der Waals surface area contributed by atoms with Gasteiger partial charge in [-0.25, -0.2) is 0 Å². The molecule has 0 saturated carbocycles. The minimum Gasteiger partial charge on any atom is -0.376 e. The van der Waals surface area contributed by atoms with Crippen molar-refractivity contribution >= 4 is 17.3 Å². The molecule has 0 amide bonds. The van der Waals surface area contributed by atoms with Crippen LogP contribution in [0, 0.1) is 12.3 Å². The minimum absolute atomic E-state index is 0.162. The number of fused-ring (bicyclic) bond motifs is 1. The first-order valence-electron chi connectivity index (χ1n) is 6.94. The van der Waals surface area contributed by atoms with Crippen molar-refractivity contribution in [3.8, 4) is 0 Å². The van der Waals surface area contributed by atoms with Crippen LogP contribution in [-0.2, 0) is 6.42 Å². The highest BCUT2D eigenvalue weighted by Crippen LogP contribution is 2.47. The molecule has 1 atom stereocenters. The second-order valence-electron chi connectivity index (χ2n) is 6.22. The van der Waals surface area contributed by atoms with E-state index in [1.807, 2.05) is 25.3 Å². The molecule has 0 spiro atoms. The smallest absolute Gasteiger partial charge is 0.0603 e. The van der Waals surface area contributed by atoms with E-state index in [-0.39, 0.29) is 11.5 Å². The molecule has 1 heterocycles. The fraction of sp³-hybridized carbons (Fsp3) is 0.353. The van der Waals surface area contributed by atoms with E-state index in [1.54, 1.807) is 0 Å². The van der Waals surface area contributed by atoms with Crippen molar-refractivity contribution in [2.24, 2.45) is 5.41 Å². The Labute approximate surface area is 125 Å². The Morgan fingerprint density at radius 1 is 1.30 bits per heavy atom. The third-order valence-electron chi connectivity index (χ3n) is 4.15. The van der Waals surface area contributed by atoms with Gasteiger partial charge in [-0.15, -0.1) is 0 Å². The van der Waals surface area contributed by atoms with Gasteiger partial charge in [0, 0.05) is 11.2 Å². The van der Waals surface area contributed by atoms with Gasteiger partial charge in [-0.2, -0.15) is 0 Å². The number of anilines is 1. The van der Waals surface area contributed by atoms with E-state index in [9.17, 15) is 0 Å². The average molecular weight is 287 g/mol. The summed E-state index contributed by atoms with van der Waals surface area (Å²) in [6.45, 7) is 6.62. The van der Waals surface area contributed by atoms with Gasteiger partial charge in [0.15, 0.2) is 0 Å². The van der Waals surface area contributed by atoms with Crippen LogP contribution in [0.1, 0.15) is 36.7 Å². The lowest BCUT2D eigenvalue weighted by atomic mass is 9.85. The summed E-state index contributed by atoms with van der Waals surface area (Å²) in [6, 6.07) is 10.5. The fourth-order valence-electron chi connectivity index (χ4n) is 3.07. The number of hydrogen-bond donors (Lipinski definition) is 1. The van der Waals surface area contributed by atoms with Crippen molar-refractivity contribution in [3.63, 3.8) is 0 Å². The molecule has 0 saturated heterocycles. The van der Waals surface area contributed by atoms with Crippen LogP contribution in [0.5, 0.6) is 0 Å². The van der Waals surface area contributed by atoms with Gasteiger partial charge < -0.3 is 5.32 Å². The van der Waals surface area contributed by atoms with Gasteiger partial charge in [0.25, 0.3) is 0 Å². The molecule has 3 heteroatoms. The molecule has 0 bridgehead atoms. The van der Waals surface area contributed by atoms with Crippen LogP contribution < -0.4 is 5.32 Å². The number of hydrogen-bond acceptors (Lipinski definition) is 2. The van der Waals surface area contributed by atoms with Gasteiger partial charge in [0.2, 0.25) is 0 Å². The monoisotopic (exact) mass is 286 g/mol. The topological polar surface area (TPSA) is 24.9 Å². The van der Waals surface area contributed by atoms with E-state index in [0.717, 1.165) is 22.8 Å². The molecule has 3 rings (SSSR count). The number of pyridine rings is 1. The molecule has 0 aliphatic heterocycles. The van der Waals surface area contributed by atoms with Crippen molar-refractivity contribution in [1.29, 1.82) is 0 Å². The minimum atomic E-state index is 0.162. The molecule has 1 N–H and O–H groups in total. The zero-order valence-corrected chi connectivity index (χ0v) is 12.8. The van der Waals surface area contributed by atoms with Crippen molar-refractivity contribution in [3.05, 3.63) is 58.4 Å². The Morgan fingerprint density at radius 3 is 2.85 bits per heavy atom. The number of aryl methyl sites for hydroxylation is 1. The lowest BCUT2D eigenvalue weighted by Gasteiger charge is -2.30. The first-order valence-corrected chi connectivity index (χ1v) is 7.32. The Morgan fingerprint density at radius 2 is 2.10 bits per heavy atom. The van der Waals surface area contributed by atoms with Crippen molar-refractivity contribution in [2.75, 3.05) is 5.32 Å². The fourth-order valence-corrected chi connectivity index (χ4v) is 3.26. The molecule has 20 heavy (non-hydrogen) atoms. The van der Waals surface area contributed by atoms with Crippen LogP contribution in [0.4, 0.5) is 5.69 Å². The SMILES string of the molecule is Cc1ncccc1NC1c2cc(Cl)ccc2CC1(C)C. The summed E-state index contributed by atoms with van der Waals surface area (Å²) in [5.41, 5.74) is 4.98. The second-order valence-corrected chi connectivity index (χ2v) is 6.66. The van der Waals surface area contributed by atoms with E-state index in [1.165, 1.54) is 11.1 Å². The van der Waals surface area contributed by atoms with Crippen molar-refractivity contribution < 1.29 is 0 Å². The first kappa shape index (κ1) is 13.4. The first-order chi connectivity index (χ1) is 9.47. The largest absolute Gasteiger partial charge is 0.376 e. The number of halogens is 1. The summed E-state index contributed by atoms with van der Waals surface area (Å²) in [4.78, 5) is 4.35. The maximum Gasteiger partial charge on any atom is 0.0603 e. The normalized spacial score (nSPS) is 19.7. The highest BCUT2D eigenvalue weighted by Gasteiger charge is 2.39. The van der Waals surface area contributed by atoms with Gasteiger partial charge in [-0.05, 0) is 54.2 Å². The van der Waals surface area contributed by atoms with Crippen LogP contribution in [-0.4, -0.2) is 4.98 Å². The lowest BCUT2D eigenvalue weighted by molar-refractivity contribution is 0.337. The van der Waals surface area contributed by atoms with E-state index < -0.39 is 0 Å². The summed E-state index contributed by atoms with van der Waals surface area (Å²) >= 11 is 6.18. The molecule has 1 aliphatic carbocycles. The molecular weight excluding hydrogens is 268 g/mol. The van der Waals surface area contributed by atoms with Gasteiger partial charge in [-0.3, -0.25) is 4.98 Å². The molecule has 1 unspecified atom stereocenters. The Balaban J connectivity index is 2.00. The van der Waals surface area contributed by atoms with E-state index in [2.05, 4.69) is 42.3 Å². The predicted molar refractivity (Wildman–Crippen MR) is 84.3 cm³/mol. The maximum absolute atomic E-state index is 6.18. The molecule has 2 aromatic rings. The standard InChI is InChI=1S/C17H19ClN2/c1-11-15(5-4-8-19-11)20-16-14-9-13(18)7-6-12(14)10-17(16,2)3/h4-9,16,20H,10H2,1-3H3. The Hall–Kier alpha value is -1.54. The molecule has 0 fully saturated rings. The van der Waals surface area contributed by atoms with Crippen molar-refractivity contribution in [1.82, 2.24) is 4.98 Å². The second kappa shape index (κ2) is 4.78. The molecule has 1 aliphatic rings. The van der Waals surface area contributed by atoms with Crippen LogP contribution in [0.15, 0.2) is 36.5 Å². The molecule has 1 aromatic heterocycles. The number of nitrogens with one attached hydrogen (secondary N) is 1. The summed E-state index contributed by atoms with van der Waals surface area (Å²) in [7, 11) is 0. The Bertz CT molecular complexity index is 649. The van der Waals surface area contributed by atoms with Crippen molar-refractivity contribution in [2.45, 2.75) is 33.2 Å². The highest BCUT2D eigenvalue weighted by molar-refractivity contribution is 6.30. The van der Waals surface area contributed by atoms with Crippen LogP contribution in [0.3, 0.4) is 0 Å². The molecular formula is C17H19ClN2. The molecule has 0 radical (unpaired) electrons. The van der Waals surface area contributed by atoms with Crippen LogP contribution in [0.25, 0.3) is 0 Å². The third kappa shape index (κ3) is 2.29. The number of aromatic nitrogens is 1. The van der Waals surface area contributed by atoms with E-state index in [0.29, 0.717) is 0 Å². The number of rotatable bonds is 2. The zero-order chi connectivity index (χ0) is 14.3. The van der Waals surface area contributed by atoms with E-state index in [4.69, 9.17) is 11.6 Å². The van der Waals surface area contributed by atoms with Gasteiger partial charge in [0.1, 0.15) is 0 Å². The summed E-state index contributed by atoms with van der Waals surface area (Å²) in [5.74, 6) is 0. The molecule has 104 valence electrons. The van der Waals surface area contributed by atoms with Gasteiger partial charge in [0.05, 0.1) is 17.4 Å². The van der Waals surface area contributed by atoms with Gasteiger partial charge >= 0.3 is 0 Å². The highest BCUT2D eigenvalue weighted by atomic mass is 35.5. The maximum atomic E-state index is 6.18. The third-order valence-corrected chi connectivity index (χ3v) is 4.39. The van der Waals surface area contributed by atoms with Crippen LogP contribution >= 0.6 is 11.6 Å². The summed E-state index contributed by atoms with van der Waals surface area (Å²) < 4.78 is 0. The quantitative estimate of drug-likeness (QED) is 0.859. The van der Waals surface area contributed by atoms with E-state index >= 15 is 0 Å². The lowest BCUT2D eigenvalue weighted by Crippen LogP contribution is -2.25. The Kier molecular flexibility index (Phi) is 3.21. The summed E-state index contributed by atoms with van der Waals surface area (Å²) in [6.07, 6.45) is 2.89. The van der Waals surface area contributed by atoms with Crippen LogP contribution in [0.2, 0.25) is 5.02 Å². The summed E-state index contributed by atoms with van der Waals surface area (Å²) in [5, 5.41) is 4.46. The predicted octanol–water partition coefficient (Wildman–Crippen LogP) is 4.78. The molecule has 2 nitrogen and oxygen atoms in total. The van der Waals surface area contributed by atoms with Gasteiger partial charge in [-0.1, -0.05) is 31.5 Å². The number of benzene rings is 1. The zero-order valence-electron chi connectivity index (χ0n) is 12.1. The average Bonchev–Trinajstić information content (AvgIpc) is 2.63. The molecule has 1 aromatic carbocycles. The number of nitrogens with zero attached hydrogens (tertiary/aromatic N) is 1.